The Morgan fingerprint density at radius 3 is 2.77 bits per heavy atom. The van der Waals surface area contributed by atoms with Crippen LogP contribution in [-0.2, 0) is 0 Å². The van der Waals surface area contributed by atoms with E-state index in [2.05, 4.69) is 41.5 Å². The predicted molar refractivity (Wildman–Crippen MR) is 56.0 cm³/mol. The Balaban J connectivity index is 2.68. The van der Waals surface area contributed by atoms with Crippen molar-refractivity contribution in [1.29, 1.82) is 0 Å². The summed E-state index contributed by atoms with van der Waals surface area (Å²) in [6.45, 7) is 2.10. The van der Waals surface area contributed by atoms with Crippen molar-refractivity contribution < 1.29 is 0 Å². The van der Waals surface area contributed by atoms with E-state index < -0.39 is 0 Å². The third-order valence-corrected chi connectivity index (χ3v) is 2.13. The zero-order valence-electron chi connectivity index (χ0n) is 7.83. The average Bonchev–Trinajstić information content (AvgIpc) is 2.16. The minimum Gasteiger partial charge on any atom is -0.373 e. The minimum absolute atomic E-state index is 0.915. The summed E-state index contributed by atoms with van der Waals surface area (Å²) in [6, 6.07) is 8.42. The van der Waals surface area contributed by atoms with Gasteiger partial charge in [-0.2, -0.15) is 0 Å². The predicted octanol–water partition coefficient (Wildman–Crippen LogP) is 2.58. The molecule has 0 spiro atoms. The standard InChI is InChI=1S/C11H12N2/c1-8-3-4-9-7-13-11(12-2)6-10(9)5-8/h3-7H,1-2H3,(H,12,13). The Bertz CT molecular complexity index is 435. The fourth-order valence-electron chi connectivity index (χ4n) is 1.40. The Morgan fingerprint density at radius 1 is 1.15 bits per heavy atom. The molecule has 0 fully saturated rings. The van der Waals surface area contributed by atoms with E-state index in [1.807, 2.05) is 13.2 Å². The maximum absolute atomic E-state index is 4.24. The fourth-order valence-corrected chi connectivity index (χ4v) is 1.40. The van der Waals surface area contributed by atoms with Crippen LogP contribution >= 0.6 is 0 Å². The molecule has 0 aliphatic rings. The Labute approximate surface area is 77.6 Å². The summed E-state index contributed by atoms with van der Waals surface area (Å²) in [7, 11) is 1.88. The molecule has 0 unspecified atom stereocenters. The zero-order chi connectivity index (χ0) is 9.26. The highest BCUT2D eigenvalue weighted by atomic mass is 14.9. The molecule has 0 aliphatic carbocycles. The first-order valence-electron chi connectivity index (χ1n) is 4.34. The number of fused-ring (bicyclic) bond motifs is 1. The number of aryl methyl sites for hydroxylation is 1. The van der Waals surface area contributed by atoms with Gasteiger partial charge in [-0.1, -0.05) is 23.8 Å². The molecule has 0 bridgehead atoms. The van der Waals surface area contributed by atoms with Crippen molar-refractivity contribution in [2.75, 3.05) is 12.4 Å². The second-order valence-electron chi connectivity index (χ2n) is 3.17. The van der Waals surface area contributed by atoms with Crippen molar-refractivity contribution in [3.63, 3.8) is 0 Å². The summed E-state index contributed by atoms with van der Waals surface area (Å²) < 4.78 is 0. The third kappa shape index (κ3) is 1.47. The van der Waals surface area contributed by atoms with Gasteiger partial charge in [0.1, 0.15) is 5.82 Å². The van der Waals surface area contributed by atoms with Gasteiger partial charge in [-0.3, -0.25) is 0 Å². The second kappa shape index (κ2) is 3.05. The first kappa shape index (κ1) is 8.05. The summed E-state index contributed by atoms with van der Waals surface area (Å²) >= 11 is 0. The lowest BCUT2D eigenvalue weighted by Gasteiger charge is -2.02. The van der Waals surface area contributed by atoms with Gasteiger partial charge in [-0.25, -0.2) is 4.98 Å². The molecule has 0 aliphatic heterocycles. The number of benzene rings is 1. The van der Waals surface area contributed by atoms with Crippen molar-refractivity contribution in [2.45, 2.75) is 6.92 Å². The van der Waals surface area contributed by atoms with Gasteiger partial charge < -0.3 is 5.32 Å². The molecule has 0 radical (unpaired) electrons. The van der Waals surface area contributed by atoms with Gasteiger partial charge in [0.25, 0.3) is 0 Å². The molecule has 1 heterocycles. The quantitative estimate of drug-likeness (QED) is 0.715. The van der Waals surface area contributed by atoms with Gasteiger partial charge in [0.15, 0.2) is 0 Å². The normalized spacial score (nSPS) is 10.3. The summed E-state index contributed by atoms with van der Waals surface area (Å²) in [6.07, 6.45) is 1.89. The Hall–Kier alpha value is -1.57. The number of rotatable bonds is 1. The molecule has 66 valence electrons. The van der Waals surface area contributed by atoms with Gasteiger partial charge >= 0.3 is 0 Å². The smallest absolute Gasteiger partial charge is 0.126 e. The molecule has 1 aromatic carbocycles. The molecule has 0 saturated carbocycles. The molecule has 0 amide bonds. The fraction of sp³-hybridized carbons (Fsp3) is 0.182. The van der Waals surface area contributed by atoms with Crippen molar-refractivity contribution in [3.8, 4) is 0 Å². The first-order valence-corrected chi connectivity index (χ1v) is 4.34. The molecular weight excluding hydrogens is 160 g/mol. The number of anilines is 1. The van der Waals surface area contributed by atoms with Crippen LogP contribution in [0.25, 0.3) is 10.8 Å². The molecule has 2 nitrogen and oxygen atoms in total. The Morgan fingerprint density at radius 2 is 2.00 bits per heavy atom. The lowest BCUT2D eigenvalue weighted by atomic mass is 10.1. The van der Waals surface area contributed by atoms with Crippen LogP contribution in [-0.4, -0.2) is 12.0 Å². The van der Waals surface area contributed by atoms with E-state index in [1.165, 1.54) is 16.3 Å². The van der Waals surface area contributed by atoms with Crippen LogP contribution in [0.5, 0.6) is 0 Å². The second-order valence-corrected chi connectivity index (χ2v) is 3.17. The van der Waals surface area contributed by atoms with Crippen LogP contribution in [0.15, 0.2) is 30.5 Å². The summed E-state index contributed by atoms with van der Waals surface area (Å²) in [5.74, 6) is 0.915. The summed E-state index contributed by atoms with van der Waals surface area (Å²) in [5.41, 5.74) is 1.28. The van der Waals surface area contributed by atoms with Crippen molar-refractivity contribution in [2.24, 2.45) is 0 Å². The number of pyridine rings is 1. The minimum atomic E-state index is 0.915. The number of aromatic nitrogens is 1. The van der Waals surface area contributed by atoms with Crippen LogP contribution in [0.4, 0.5) is 5.82 Å². The van der Waals surface area contributed by atoms with Crippen LogP contribution in [0.1, 0.15) is 5.56 Å². The van der Waals surface area contributed by atoms with Crippen molar-refractivity contribution in [3.05, 3.63) is 36.0 Å². The molecule has 13 heavy (non-hydrogen) atoms. The van der Waals surface area contributed by atoms with Crippen LogP contribution in [0.2, 0.25) is 0 Å². The monoisotopic (exact) mass is 172 g/mol. The molecule has 2 heteroatoms. The molecule has 0 saturated heterocycles. The van der Waals surface area contributed by atoms with E-state index in [4.69, 9.17) is 0 Å². The van der Waals surface area contributed by atoms with E-state index in [-0.39, 0.29) is 0 Å². The number of hydrogen-bond acceptors (Lipinski definition) is 2. The van der Waals surface area contributed by atoms with E-state index in [9.17, 15) is 0 Å². The number of nitrogens with zero attached hydrogens (tertiary/aromatic N) is 1. The molecule has 1 aromatic heterocycles. The molecule has 2 aromatic rings. The highest BCUT2D eigenvalue weighted by Crippen LogP contribution is 2.17. The molecule has 1 N–H and O–H groups in total. The summed E-state index contributed by atoms with van der Waals surface area (Å²) in [5, 5.41) is 5.45. The lowest BCUT2D eigenvalue weighted by molar-refractivity contribution is 1.31. The van der Waals surface area contributed by atoms with Gasteiger partial charge in [0, 0.05) is 18.6 Å². The largest absolute Gasteiger partial charge is 0.373 e. The van der Waals surface area contributed by atoms with E-state index >= 15 is 0 Å². The lowest BCUT2D eigenvalue weighted by Crippen LogP contribution is -1.91. The topological polar surface area (TPSA) is 24.9 Å². The van der Waals surface area contributed by atoms with Gasteiger partial charge in [-0.15, -0.1) is 0 Å². The Kier molecular flexibility index (Phi) is 1.89. The summed E-state index contributed by atoms with van der Waals surface area (Å²) in [4.78, 5) is 4.24. The maximum atomic E-state index is 4.24. The van der Waals surface area contributed by atoms with E-state index in [0.29, 0.717) is 0 Å². The maximum Gasteiger partial charge on any atom is 0.126 e. The van der Waals surface area contributed by atoms with Gasteiger partial charge in [0.05, 0.1) is 0 Å². The molecule has 2 rings (SSSR count). The highest BCUT2D eigenvalue weighted by Gasteiger charge is 1.95. The zero-order valence-corrected chi connectivity index (χ0v) is 7.83. The highest BCUT2D eigenvalue weighted by molar-refractivity contribution is 5.84. The first-order chi connectivity index (χ1) is 6.29. The van der Waals surface area contributed by atoms with Crippen molar-refractivity contribution >= 4 is 16.6 Å². The SMILES string of the molecule is CNc1cc2cc(C)ccc2cn1. The van der Waals surface area contributed by atoms with E-state index in [1.54, 1.807) is 0 Å². The molecule has 0 atom stereocenters. The number of hydrogen-bond donors (Lipinski definition) is 1. The van der Waals surface area contributed by atoms with Gasteiger partial charge in [0.2, 0.25) is 0 Å². The number of nitrogens with one attached hydrogen (secondary N) is 1. The average molecular weight is 172 g/mol. The van der Waals surface area contributed by atoms with Crippen LogP contribution < -0.4 is 5.32 Å². The third-order valence-electron chi connectivity index (χ3n) is 2.13. The van der Waals surface area contributed by atoms with Gasteiger partial charge in [-0.05, 0) is 18.4 Å². The van der Waals surface area contributed by atoms with Crippen LogP contribution in [0.3, 0.4) is 0 Å². The van der Waals surface area contributed by atoms with E-state index in [0.717, 1.165) is 5.82 Å². The van der Waals surface area contributed by atoms with Crippen molar-refractivity contribution in [1.82, 2.24) is 4.98 Å². The van der Waals surface area contributed by atoms with Crippen LogP contribution in [0, 0.1) is 6.92 Å². The molecular formula is C11H12N2.